The monoisotopic (exact) mass is 251 g/mol. The summed E-state index contributed by atoms with van der Waals surface area (Å²) in [6.45, 7) is 0. The third kappa shape index (κ3) is 10.2. The second-order valence-corrected chi connectivity index (χ2v) is 1.88. The quantitative estimate of drug-likeness (QED) is 0.527. The van der Waals surface area contributed by atoms with Gasteiger partial charge in [-0.15, -0.1) is 0 Å². The fourth-order valence-electron chi connectivity index (χ4n) is 0.402. The van der Waals surface area contributed by atoms with E-state index in [1.165, 1.54) is 0 Å². The van der Waals surface area contributed by atoms with Crippen LogP contribution in [0.3, 0.4) is 0 Å². The van der Waals surface area contributed by atoms with Crippen LogP contribution in [0.15, 0.2) is 0 Å². The van der Waals surface area contributed by atoms with Crippen molar-refractivity contribution in [1.29, 1.82) is 0 Å². The number of rotatable bonds is 4. The van der Waals surface area contributed by atoms with Gasteiger partial charge < -0.3 is 15.9 Å². The van der Waals surface area contributed by atoms with Gasteiger partial charge in [-0.3, -0.25) is 9.59 Å². The Hall–Kier alpha value is 0.186. The Morgan fingerprint density at radius 2 is 1.75 bits per heavy atom. The van der Waals surface area contributed by atoms with Crippen molar-refractivity contribution < 1.29 is 19.8 Å². The van der Waals surface area contributed by atoms with Crippen LogP contribution < -0.4 is 5.73 Å². The summed E-state index contributed by atoms with van der Waals surface area (Å²) in [5, 5.41) is 16.3. The van der Waals surface area contributed by atoms with Crippen molar-refractivity contribution in [1.82, 2.24) is 0 Å². The second-order valence-electron chi connectivity index (χ2n) is 1.88. The Kier molecular flexibility index (Phi) is 14.0. The molecule has 0 aliphatic rings. The van der Waals surface area contributed by atoms with Crippen LogP contribution in [0.25, 0.3) is 0 Å². The molecule has 0 aliphatic carbocycles. The molecule has 0 unspecified atom stereocenters. The minimum atomic E-state index is -1.17. The number of aliphatic carboxylic acids is 2. The minimum absolute atomic E-state index is 0. The molecule has 0 fully saturated rings. The van der Waals surface area contributed by atoms with Gasteiger partial charge in [0.15, 0.2) is 0 Å². The summed E-state index contributed by atoms with van der Waals surface area (Å²) in [6, 6.07) is -1.06. The van der Waals surface area contributed by atoms with Gasteiger partial charge in [-0.1, -0.05) is 0 Å². The van der Waals surface area contributed by atoms with Crippen LogP contribution in [0.2, 0.25) is 0 Å². The van der Waals surface area contributed by atoms with E-state index in [4.69, 9.17) is 15.9 Å². The first-order valence-corrected chi connectivity index (χ1v) is 2.74. The van der Waals surface area contributed by atoms with Crippen LogP contribution >= 0.6 is 0 Å². The topological polar surface area (TPSA) is 101 Å². The van der Waals surface area contributed by atoms with Crippen LogP contribution in [0.1, 0.15) is 12.8 Å². The Balaban J connectivity index is -0.000000405. The van der Waals surface area contributed by atoms with E-state index in [0.717, 1.165) is 0 Å². The first kappa shape index (κ1) is 18.1. The molecule has 0 aromatic rings. The molecular weight excluding hydrogens is 241 g/mol. The fourth-order valence-corrected chi connectivity index (χ4v) is 0.402. The summed E-state index contributed by atoms with van der Waals surface area (Å²) >= 11 is 0. The molecule has 5 nitrogen and oxygen atoms in total. The van der Waals surface area contributed by atoms with Crippen molar-refractivity contribution in [3.63, 3.8) is 0 Å². The first-order chi connectivity index (χ1) is 4.54. The maximum Gasteiger partial charge on any atom is 0.320 e. The molecule has 0 amide bonds. The molecule has 12 heavy (non-hydrogen) atoms. The van der Waals surface area contributed by atoms with Gasteiger partial charge in [0.25, 0.3) is 0 Å². The third-order valence-corrected chi connectivity index (χ3v) is 0.986. The summed E-state index contributed by atoms with van der Waals surface area (Å²) in [4.78, 5) is 19.9. The summed E-state index contributed by atoms with van der Waals surface area (Å²) in [6.07, 6.45) is -0.224. The van der Waals surface area contributed by atoms with Gasteiger partial charge in [0.05, 0.1) is 0 Å². The largest absolute Gasteiger partial charge is 0.481 e. The van der Waals surface area contributed by atoms with E-state index in [1.54, 1.807) is 0 Å². The van der Waals surface area contributed by atoms with Gasteiger partial charge in [0.1, 0.15) is 6.04 Å². The van der Waals surface area contributed by atoms with E-state index in [1.807, 2.05) is 0 Å². The molecule has 0 saturated heterocycles. The molecule has 7 heteroatoms. The Labute approximate surface area is 96.3 Å². The summed E-state index contributed by atoms with van der Waals surface area (Å²) in [5.74, 6) is -2.20. The SMILES string of the molecule is N[C@@H](CCC(=O)O)C(=O)O.[Mg].[Se]. The number of hydrogen-bond acceptors (Lipinski definition) is 3. The Morgan fingerprint density at radius 1 is 1.33 bits per heavy atom. The van der Waals surface area contributed by atoms with Crippen molar-refractivity contribution in [2.24, 2.45) is 5.73 Å². The molecule has 0 aromatic heterocycles. The summed E-state index contributed by atoms with van der Waals surface area (Å²) in [7, 11) is 0. The summed E-state index contributed by atoms with van der Waals surface area (Å²) in [5.41, 5.74) is 5.00. The Bertz CT molecular complexity index is 154. The molecule has 0 spiro atoms. The molecule has 0 bridgehead atoms. The molecule has 0 aliphatic heterocycles. The second kappa shape index (κ2) is 9.28. The zero-order valence-electron chi connectivity index (χ0n) is 6.40. The van der Waals surface area contributed by atoms with Crippen molar-refractivity contribution in [3.8, 4) is 0 Å². The molecule has 4 N–H and O–H groups in total. The summed E-state index contributed by atoms with van der Waals surface area (Å²) < 4.78 is 0. The fraction of sp³-hybridized carbons (Fsp3) is 0.600. The van der Waals surface area contributed by atoms with Gasteiger partial charge >= 0.3 is 11.9 Å². The predicted octanol–water partition coefficient (Wildman–Crippen LogP) is -1.50. The Morgan fingerprint density at radius 3 is 2.00 bits per heavy atom. The standard InChI is InChI=1S/C5H9NO4.Mg.Se/c6-3(5(9)10)1-2-4(7)8;;/h3H,1-2,6H2,(H,7,8)(H,9,10);;/t3-;;/m0../s1. The number of carbonyl (C=O) groups is 2. The van der Waals surface area contributed by atoms with Crippen LogP contribution in [0, 0.1) is 0 Å². The number of carboxylic acids is 2. The van der Waals surface area contributed by atoms with Gasteiger partial charge in [-0.2, -0.15) is 0 Å². The van der Waals surface area contributed by atoms with E-state index in [-0.39, 0.29) is 53.0 Å². The zero-order chi connectivity index (χ0) is 8.15. The maximum absolute atomic E-state index is 9.99. The van der Waals surface area contributed by atoms with Gasteiger partial charge in [0.2, 0.25) is 0 Å². The van der Waals surface area contributed by atoms with Crippen molar-refractivity contribution in [2.45, 2.75) is 18.9 Å². The molecule has 0 heterocycles. The number of carboxylic acid groups (broad SMARTS) is 2. The average molecular weight is 250 g/mol. The van der Waals surface area contributed by atoms with Gasteiger partial charge in [-0.25, -0.2) is 0 Å². The molecule has 4 radical (unpaired) electrons. The number of nitrogens with two attached hydrogens (primary N) is 1. The first-order valence-electron chi connectivity index (χ1n) is 2.74. The van der Waals surface area contributed by atoms with E-state index in [9.17, 15) is 9.59 Å². The van der Waals surface area contributed by atoms with Gasteiger partial charge in [0, 0.05) is 46.5 Å². The molecular formula is C5H9MgNO4Se. The van der Waals surface area contributed by atoms with E-state index in [0.29, 0.717) is 0 Å². The van der Waals surface area contributed by atoms with Crippen molar-refractivity contribution in [3.05, 3.63) is 0 Å². The molecule has 0 saturated carbocycles. The number of hydrogen-bond donors (Lipinski definition) is 3. The van der Waals surface area contributed by atoms with E-state index >= 15 is 0 Å². The van der Waals surface area contributed by atoms with Crippen LogP contribution in [0.5, 0.6) is 0 Å². The van der Waals surface area contributed by atoms with Crippen LogP contribution in [-0.4, -0.2) is 68.3 Å². The van der Waals surface area contributed by atoms with Crippen molar-refractivity contribution in [2.75, 3.05) is 0 Å². The smallest absolute Gasteiger partial charge is 0.320 e. The molecule has 1 atom stereocenters. The maximum atomic E-state index is 9.99. The molecule has 0 rings (SSSR count). The van der Waals surface area contributed by atoms with Crippen LogP contribution in [-0.2, 0) is 9.59 Å². The van der Waals surface area contributed by atoms with Crippen molar-refractivity contribution >= 4 is 52.1 Å². The average Bonchev–Trinajstić information content (AvgIpc) is 1.82. The van der Waals surface area contributed by atoms with Crippen LogP contribution in [0.4, 0.5) is 0 Å². The van der Waals surface area contributed by atoms with E-state index < -0.39 is 18.0 Å². The molecule has 66 valence electrons. The third-order valence-electron chi connectivity index (χ3n) is 0.986. The van der Waals surface area contributed by atoms with Gasteiger partial charge in [-0.05, 0) is 6.42 Å². The zero-order valence-corrected chi connectivity index (χ0v) is 9.52. The van der Waals surface area contributed by atoms with E-state index in [2.05, 4.69) is 0 Å². The molecule has 0 aromatic carbocycles. The minimum Gasteiger partial charge on any atom is -0.481 e. The normalized spacial score (nSPS) is 10.4. The predicted molar refractivity (Wildman–Crippen MR) is 44.0 cm³/mol.